The van der Waals surface area contributed by atoms with Crippen molar-refractivity contribution in [1.29, 1.82) is 0 Å². The Bertz CT molecular complexity index is 438. The Kier molecular flexibility index (Phi) is 7.08. The summed E-state index contributed by atoms with van der Waals surface area (Å²) in [5.41, 5.74) is 0.925. The molecule has 0 aliphatic carbocycles. The fraction of sp³-hybridized carbons (Fsp3) is 0.533. The van der Waals surface area contributed by atoms with Gasteiger partial charge in [0.05, 0.1) is 6.04 Å². The van der Waals surface area contributed by atoms with E-state index in [0.717, 1.165) is 12.0 Å². The lowest BCUT2D eigenvalue weighted by atomic mass is 10.2. The number of carbonyl (C=O) groups excluding carboxylic acids is 1. The van der Waals surface area contributed by atoms with Crippen LogP contribution in [0.25, 0.3) is 0 Å². The zero-order valence-corrected chi connectivity index (χ0v) is 12.6. The number of hydrogen-bond donors (Lipinski definition) is 1. The third-order valence-corrected chi connectivity index (χ3v) is 3.17. The third kappa shape index (κ3) is 6.08. The maximum absolute atomic E-state index is 12.1. The normalized spacial score (nSPS) is 12.5. The van der Waals surface area contributed by atoms with Gasteiger partial charge in [0.2, 0.25) is 5.91 Å². The molecule has 6 heteroatoms. The number of hydrogen-bond acceptors (Lipinski definition) is 3. The Morgan fingerprint density at radius 2 is 1.95 bits per heavy atom. The highest BCUT2D eigenvalue weighted by atomic mass is 19.3. The van der Waals surface area contributed by atoms with Crippen LogP contribution in [0.5, 0.6) is 5.75 Å². The predicted molar refractivity (Wildman–Crippen MR) is 77.3 cm³/mol. The molecule has 4 nitrogen and oxygen atoms in total. The van der Waals surface area contributed by atoms with Crippen molar-refractivity contribution in [1.82, 2.24) is 10.2 Å². The lowest BCUT2D eigenvalue weighted by Crippen LogP contribution is -2.43. The van der Waals surface area contributed by atoms with E-state index in [9.17, 15) is 13.6 Å². The Hall–Kier alpha value is -1.69. The molecule has 1 aromatic rings. The first-order chi connectivity index (χ1) is 9.93. The minimum Gasteiger partial charge on any atom is -0.435 e. The van der Waals surface area contributed by atoms with Gasteiger partial charge < -0.3 is 10.1 Å². The van der Waals surface area contributed by atoms with Crippen LogP contribution in [0.2, 0.25) is 0 Å². The summed E-state index contributed by atoms with van der Waals surface area (Å²) < 4.78 is 28.4. The molecule has 1 N–H and O–H groups in total. The van der Waals surface area contributed by atoms with E-state index >= 15 is 0 Å². The van der Waals surface area contributed by atoms with E-state index in [4.69, 9.17) is 0 Å². The summed E-state index contributed by atoms with van der Waals surface area (Å²) in [4.78, 5) is 13.7. The summed E-state index contributed by atoms with van der Waals surface area (Å²) in [6.45, 7) is 2.23. The van der Waals surface area contributed by atoms with Gasteiger partial charge in [-0.1, -0.05) is 19.1 Å². The lowest BCUT2D eigenvalue weighted by molar-refractivity contribution is -0.125. The second kappa shape index (κ2) is 8.56. The van der Waals surface area contributed by atoms with Crippen LogP contribution in [0.15, 0.2) is 24.3 Å². The SMILES string of the molecule is CCCNC(=O)[C@H](C)N(C)Cc1ccc(OC(F)F)cc1. The number of benzene rings is 1. The number of rotatable bonds is 8. The summed E-state index contributed by atoms with van der Waals surface area (Å²) in [7, 11) is 1.85. The van der Waals surface area contributed by atoms with Gasteiger partial charge in [-0.25, -0.2) is 0 Å². The van der Waals surface area contributed by atoms with Crippen LogP contribution < -0.4 is 10.1 Å². The van der Waals surface area contributed by atoms with Gasteiger partial charge in [-0.05, 0) is 38.1 Å². The molecule has 0 saturated carbocycles. The van der Waals surface area contributed by atoms with Crippen molar-refractivity contribution in [2.75, 3.05) is 13.6 Å². The Morgan fingerprint density at radius 1 is 1.33 bits per heavy atom. The molecule has 0 unspecified atom stereocenters. The number of nitrogens with zero attached hydrogens (tertiary/aromatic N) is 1. The Labute approximate surface area is 124 Å². The highest BCUT2D eigenvalue weighted by Crippen LogP contribution is 2.16. The van der Waals surface area contributed by atoms with Gasteiger partial charge in [-0.2, -0.15) is 8.78 Å². The van der Waals surface area contributed by atoms with Crippen molar-refractivity contribution in [3.63, 3.8) is 0 Å². The topological polar surface area (TPSA) is 41.6 Å². The molecule has 0 aliphatic rings. The monoisotopic (exact) mass is 300 g/mol. The molecule has 0 saturated heterocycles. The molecule has 1 aromatic carbocycles. The largest absolute Gasteiger partial charge is 0.435 e. The Balaban J connectivity index is 2.53. The number of halogens is 2. The number of amides is 1. The quantitative estimate of drug-likeness (QED) is 0.802. The zero-order chi connectivity index (χ0) is 15.8. The van der Waals surface area contributed by atoms with Crippen molar-refractivity contribution in [3.8, 4) is 5.75 Å². The molecule has 1 atom stereocenters. The molecule has 0 bridgehead atoms. The van der Waals surface area contributed by atoms with Crippen LogP contribution >= 0.6 is 0 Å². The van der Waals surface area contributed by atoms with Gasteiger partial charge in [0.1, 0.15) is 5.75 Å². The first-order valence-corrected chi connectivity index (χ1v) is 6.95. The third-order valence-electron chi connectivity index (χ3n) is 3.17. The predicted octanol–water partition coefficient (Wildman–Crippen LogP) is 2.63. The van der Waals surface area contributed by atoms with Gasteiger partial charge in [0, 0.05) is 13.1 Å². The van der Waals surface area contributed by atoms with Crippen LogP contribution in [0.3, 0.4) is 0 Å². The van der Waals surface area contributed by atoms with Crippen LogP contribution in [0.1, 0.15) is 25.8 Å². The molecule has 0 fully saturated rings. The molecule has 1 amide bonds. The first kappa shape index (κ1) is 17.4. The highest BCUT2D eigenvalue weighted by Gasteiger charge is 2.17. The minimum absolute atomic E-state index is 0.0167. The molecular weight excluding hydrogens is 278 g/mol. The van der Waals surface area contributed by atoms with Gasteiger partial charge in [-0.3, -0.25) is 9.69 Å². The summed E-state index contributed by atoms with van der Waals surface area (Å²) in [6.07, 6.45) is 0.897. The van der Waals surface area contributed by atoms with Gasteiger partial charge >= 0.3 is 6.61 Å². The molecule has 0 radical (unpaired) electrons. The molecule has 0 heterocycles. The van der Waals surface area contributed by atoms with E-state index < -0.39 is 6.61 Å². The second-order valence-electron chi connectivity index (χ2n) is 4.90. The number of nitrogens with one attached hydrogen (secondary N) is 1. The van der Waals surface area contributed by atoms with E-state index in [-0.39, 0.29) is 17.7 Å². The van der Waals surface area contributed by atoms with Crippen LogP contribution in [0, 0.1) is 0 Å². The van der Waals surface area contributed by atoms with Crippen LogP contribution in [-0.4, -0.2) is 37.1 Å². The first-order valence-electron chi connectivity index (χ1n) is 6.95. The minimum atomic E-state index is -2.82. The standard InChI is InChI=1S/C15H22F2N2O2/c1-4-9-18-14(20)11(2)19(3)10-12-5-7-13(8-6-12)21-15(16)17/h5-8,11,15H,4,9-10H2,1-3H3,(H,18,20)/t11-/m0/s1. The average Bonchev–Trinajstić information content (AvgIpc) is 2.45. The smallest absolute Gasteiger partial charge is 0.387 e. The van der Waals surface area contributed by atoms with Gasteiger partial charge in [0.15, 0.2) is 0 Å². The van der Waals surface area contributed by atoms with Crippen molar-refractivity contribution < 1.29 is 18.3 Å². The molecule has 1 rings (SSSR count). The maximum atomic E-state index is 12.1. The zero-order valence-electron chi connectivity index (χ0n) is 12.6. The van der Waals surface area contributed by atoms with Gasteiger partial charge in [-0.15, -0.1) is 0 Å². The molecule has 0 spiro atoms. The maximum Gasteiger partial charge on any atom is 0.387 e. The fourth-order valence-electron chi connectivity index (χ4n) is 1.80. The number of likely N-dealkylation sites (N-methyl/N-ethyl adjacent to an activating group) is 1. The number of ether oxygens (including phenoxy) is 1. The molecular formula is C15H22F2N2O2. The number of carbonyl (C=O) groups is 1. The molecule has 0 aromatic heterocycles. The van der Waals surface area contributed by atoms with Crippen molar-refractivity contribution >= 4 is 5.91 Å². The molecule has 118 valence electrons. The summed E-state index contributed by atoms with van der Waals surface area (Å²) in [5, 5.41) is 2.85. The van der Waals surface area contributed by atoms with Crippen LogP contribution in [0.4, 0.5) is 8.78 Å². The fourth-order valence-corrected chi connectivity index (χ4v) is 1.80. The van der Waals surface area contributed by atoms with E-state index in [1.165, 1.54) is 12.1 Å². The second-order valence-corrected chi connectivity index (χ2v) is 4.90. The lowest BCUT2D eigenvalue weighted by Gasteiger charge is -2.24. The van der Waals surface area contributed by atoms with Crippen molar-refractivity contribution in [2.45, 2.75) is 39.5 Å². The molecule has 21 heavy (non-hydrogen) atoms. The van der Waals surface area contributed by atoms with E-state index in [0.29, 0.717) is 13.1 Å². The van der Waals surface area contributed by atoms with Gasteiger partial charge in [0.25, 0.3) is 0 Å². The summed E-state index contributed by atoms with van der Waals surface area (Å²) in [5.74, 6) is 0.113. The summed E-state index contributed by atoms with van der Waals surface area (Å²) in [6, 6.07) is 6.16. The van der Waals surface area contributed by atoms with E-state index in [1.807, 2.05) is 25.8 Å². The van der Waals surface area contributed by atoms with Crippen LogP contribution in [-0.2, 0) is 11.3 Å². The highest BCUT2D eigenvalue weighted by molar-refractivity contribution is 5.81. The average molecular weight is 300 g/mol. The van der Waals surface area contributed by atoms with Crippen molar-refractivity contribution in [3.05, 3.63) is 29.8 Å². The van der Waals surface area contributed by atoms with E-state index in [1.54, 1.807) is 12.1 Å². The summed E-state index contributed by atoms with van der Waals surface area (Å²) >= 11 is 0. The molecule has 0 aliphatic heterocycles. The Morgan fingerprint density at radius 3 is 2.48 bits per heavy atom. The number of alkyl halides is 2. The van der Waals surface area contributed by atoms with Crippen molar-refractivity contribution in [2.24, 2.45) is 0 Å². The van der Waals surface area contributed by atoms with E-state index in [2.05, 4.69) is 10.1 Å².